The number of para-hydroxylation sites is 1. The molecule has 0 radical (unpaired) electrons. The summed E-state index contributed by atoms with van der Waals surface area (Å²) in [7, 11) is 0. The molecule has 3 aromatic rings. The zero-order chi connectivity index (χ0) is 18.7. The van der Waals surface area contributed by atoms with Crippen LogP contribution in [0.15, 0.2) is 42.5 Å². The van der Waals surface area contributed by atoms with Gasteiger partial charge in [0.1, 0.15) is 0 Å². The summed E-state index contributed by atoms with van der Waals surface area (Å²) < 4.78 is 1.89. The molecule has 2 N–H and O–H groups in total. The molecule has 0 bridgehead atoms. The van der Waals surface area contributed by atoms with Crippen LogP contribution in [0, 0.1) is 13.8 Å². The van der Waals surface area contributed by atoms with Gasteiger partial charge in [-0.25, -0.2) is 4.68 Å². The largest absolute Gasteiger partial charge is 0.347 e. The minimum absolute atomic E-state index is 0.154. The lowest BCUT2D eigenvalue weighted by molar-refractivity contribution is -0.114. The van der Waals surface area contributed by atoms with Crippen LogP contribution >= 0.6 is 11.3 Å². The second-order valence-corrected chi connectivity index (χ2v) is 7.01. The van der Waals surface area contributed by atoms with Crippen molar-refractivity contribution in [2.24, 2.45) is 0 Å². The van der Waals surface area contributed by atoms with E-state index in [1.54, 1.807) is 12.1 Å². The minimum atomic E-state index is -0.169. The van der Waals surface area contributed by atoms with E-state index >= 15 is 0 Å². The van der Waals surface area contributed by atoms with Gasteiger partial charge in [-0.1, -0.05) is 18.2 Å². The number of thiophene rings is 1. The Morgan fingerprint density at radius 2 is 1.85 bits per heavy atom. The van der Waals surface area contributed by atoms with Gasteiger partial charge in [0.25, 0.3) is 5.91 Å². The topological polar surface area (TPSA) is 76.0 Å². The third-order valence-electron chi connectivity index (χ3n) is 4.00. The molecule has 0 aliphatic carbocycles. The monoisotopic (exact) mass is 368 g/mol. The van der Waals surface area contributed by atoms with E-state index in [-0.39, 0.29) is 11.8 Å². The Balaban J connectivity index is 1.72. The summed E-state index contributed by atoms with van der Waals surface area (Å²) in [6.07, 6.45) is 0. The van der Waals surface area contributed by atoms with Crippen LogP contribution in [0.2, 0.25) is 0 Å². The second-order valence-electron chi connectivity index (χ2n) is 5.92. The molecule has 26 heavy (non-hydrogen) atoms. The van der Waals surface area contributed by atoms with Crippen molar-refractivity contribution < 1.29 is 9.59 Å². The first kappa shape index (κ1) is 17.9. The molecule has 1 aromatic carbocycles. The number of anilines is 1. The van der Waals surface area contributed by atoms with Crippen LogP contribution in [0.25, 0.3) is 5.69 Å². The van der Waals surface area contributed by atoms with Crippen LogP contribution in [0.4, 0.5) is 5.00 Å². The van der Waals surface area contributed by atoms with E-state index in [2.05, 4.69) is 15.7 Å². The number of carbonyl (C=O) groups excluding carboxylic acids is 2. The molecule has 0 saturated heterocycles. The fourth-order valence-corrected chi connectivity index (χ4v) is 3.58. The first-order chi connectivity index (χ1) is 12.5. The highest BCUT2D eigenvalue weighted by Gasteiger charge is 2.15. The molecule has 6 nitrogen and oxygen atoms in total. The van der Waals surface area contributed by atoms with Gasteiger partial charge in [-0.15, -0.1) is 11.3 Å². The predicted molar refractivity (Wildman–Crippen MR) is 103 cm³/mol. The zero-order valence-electron chi connectivity index (χ0n) is 14.9. The maximum Gasteiger partial charge on any atom is 0.261 e. The third-order valence-corrected chi connectivity index (χ3v) is 5.00. The van der Waals surface area contributed by atoms with Gasteiger partial charge >= 0.3 is 0 Å². The first-order valence-corrected chi connectivity index (χ1v) is 9.03. The molecular weight excluding hydrogens is 348 g/mol. The lowest BCUT2D eigenvalue weighted by Crippen LogP contribution is -2.22. The summed E-state index contributed by atoms with van der Waals surface area (Å²) in [6, 6.07) is 13.3. The van der Waals surface area contributed by atoms with Gasteiger partial charge in [-0.2, -0.15) is 5.10 Å². The Morgan fingerprint density at radius 3 is 2.54 bits per heavy atom. The highest BCUT2D eigenvalue weighted by Crippen LogP contribution is 2.22. The van der Waals surface area contributed by atoms with E-state index in [1.807, 2.05) is 48.9 Å². The normalized spacial score (nSPS) is 10.6. The highest BCUT2D eigenvalue weighted by atomic mass is 32.1. The lowest BCUT2D eigenvalue weighted by atomic mass is 10.2. The molecule has 0 aliphatic rings. The number of rotatable bonds is 5. The van der Waals surface area contributed by atoms with E-state index < -0.39 is 0 Å². The Bertz CT molecular complexity index is 944. The number of hydrogen-bond donors (Lipinski definition) is 2. The van der Waals surface area contributed by atoms with Crippen LogP contribution in [0.1, 0.15) is 33.5 Å². The van der Waals surface area contributed by atoms with E-state index in [1.165, 1.54) is 18.3 Å². The number of hydrogen-bond acceptors (Lipinski definition) is 4. The van der Waals surface area contributed by atoms with Crippen LogP contribution in [0.3, 0.4) is 0 Å². The second kappa shape index (κ2) is 7.53. The first-order valence-electron chi connectivity index (χ1n) is 8.22. The molecule has 2 aromatic heterocycles. The molecule has 0 saturated carbocycles. The SMILES string of the molecule is CC(=O)Nc1ccc(C(=O)NCc2c(C)nn(-c3ccccc3)c2C)s1. The number of aryl methyl sites for hydroxylation is 1. The van der Waals surface area contributed by atoms with Gasteiger partial charge in [0, 0.05) is 24.7 Å². The van der Waals surface area contributed by atoms with E-state index in [0.29, 0.717) is 16.4 Å². The molecule has 134 valence electrons. The van der Waals surface area contributed by atoms with Gasteiger partial charge in [-0.05, 0) is 38.1 Å². The number of nitrogens with zero attached hydrogens (tertiary/aromatic N) is 2. The molecular formula is C19H20N4O2S. The van der Waals surface area contributed by atoms with E-state index in [0.717, 1.165) is 22.6 Å². The van der Waals surface area contributed by atoms with Crippen molar-refractivity contribution in [1.29, 1.82) is 0 Å². The number of carbonyl (C=O) groups is 2. The maximum absolute atomic E-state index is 12.4. The summed E-state index contributed by atoms with van der Waals surface area (Å²) in [6.45, 7) is 5.77. The fraction of sp³-hybridized carbons (Fsp3) is 0.211. The van der Waals surface area contributed by atoms with E-state index in [4.69, 9.17) is 0 Å². The summed E-state index contributed by atoms with van der Waals surface area (Å²) in [5.74, 6) is -0.323. The van der Waals surface area contributed by atoms with Crippen LogP contribution < -0.4 is 10.6 Å². The fourth-order valence-electron chi connectivity index (χ4n) is 2.71. The highest BCUT2D eigenvalue weighted by molar-refractivity contribution is 7.18. The zero-order valence-corrected chi connectivity index (χ0v) is 15.7. The average Bonchev–Trinajstić information content (AvgIpc) is 3.18. The van der Waals surface area contributed by atoms with Crippen molar-refractivity contribution >= 4 is 28.2 Å². The molecule has 7 heteroatoms. The van der Waals surface area contributed by atoms with Crippen LogP contribution in [0.5, 0.6) is 0 Å². The van der Waals surface area contributed by atoms with Gasteiger partial charge in [-0.3, -0.25) is 9.59 Å². The van der Waals surface area contributed by atoms with E-state index in [9.17, 15) is 9.59 Å². The Hall–Kier alpha value is -2.93. The van der Waals surface area contributed by atoms with Crippen molar-refractivity contribution in [2.45, 2.75) is 27.3 Å². The van der Waals surface area contributed by atoms with Crippen LogP contribution in [-0.2, 0) is 11.3 Å². The maximum atomic E-state index is 12.4. The molecule has 3 rings (SSSR count). The number of aromatic nitrogens is 2. The molecule has 0 unspecified atom stereocenters. The summed E-state index contributed by atoms with van der Waals surface area (Å²) in [5.41, 5.74) is 3.88. The third kappa shape index (κ3) is 3.83. The minimum Gasteiger partial charge on any atom is -0.347 e. The Morgan fingerprint density at radius 1 is 1.12 bits per heavy atom. The van der Waals surface area contributed by atoms with Crippen molar-refractivity contribution in [2.75, 3.05) is 5.32 Å². The molecule has 0 spiro atoms. The Kier molecular flexibility index (Phi) is 5.18. The van der Waals surface area contributed by atoms with Gasteiger partial charge in [0.05, 0.1) is 21.3 Å². The summed E-state index contributed by atoms with van der Waals surface area (Å²) in [4.78, 5) is 24.0. The van der Waals surface area contributed by atoms with Crippen molar-refractivity contribution in [3.63, 3.8) is 0 Å². The average molecular weight is 368 g/mol. The molecule has 0 atom stereocenters. The number of nitrogens with one attached hydrogen (secondary N) is 2. The smallest absolute Gasteiger partial charge is 0.261 e. The predicted octanol–water partition coefficient (Wildman–Crippen LogP) is 3.44. The van der Waals surface area contributed by atoms with Crippen molar-refractivity contribution in [1.82, 2.24) is 15.1 Å². The Labute approximate surface area is 155 Å². The quantitative estimate of drug-likeness (QED) is 0.724. The molecule has 0 aliphatic heterocycles. The molecule has 2 heterocycles. The lowest BCUT2D eigenvalue weighted by Gasteiger charge is -2.06. The molecule has 0 fully saturated rings. The van der Waals surface area contributed by atoms with Crippen molar-refractivity contribution in [3.8, 4) is 5.69 Å². The molecule has 2 amide bonds. The van der Waals surface area contributed by atoms with Gasteiger partial charge in [0.2, 0.25) is 5.91 Å². The standard InChI is InChI=1S/C19H20N4O2S/c1-12-16(13(2)23(22-12)15-7-5-4-6-8-15)11-20-19(25)17-9-10-18(26-17)21-14(3)24/h4-10H,11H2,1-3H3,(H,20,25)(H,21,24). The number of benzene rings is 1. The van der Waals surface area contributed by atoms with Crippen molar-refractivity contribution in [3.05, 3.63) is 64.3 Å². The van der Waals surface area contributed by atoms with Gasteiger partial charge in [0.15, 0.2) is 0 Å². The summed E-state index contributed by atoms with van der Waals surface area (Å²) in [5, 5.41) is 10.9. The number of amides is 2. The summed E-state index contributed by atoms with van der Waals surface area (Å²) >= 11 is 1.25. The van der Waals surface area contributed by atoms with Gasteiger partial charge < -0.3 is 10.6 Å². The van der Waals surface area contributed by atoms with Crippen LogP contribution in [-0.4, -0.2) is 21.6 Å².